The molecule has 4 heteroatoms. The summed E-state index contributed by atoms with van der Waals surface area (Å²) in [4.78, 5) is 12.2. The Kier molecular flexibility index (Phi) is 4.75. The summed E-state index contributed by atoms with van der Waals surface area (Å²) < 4.78 is 5.40. The van der Waals surface area contributed by atoms with Crippen molar-refractivity contribution in [2.45, 2.75) is 65.5 Å². The monoisotopic (exact) mass is 282 g/mol. The topological polar surface area (TPSA) is 50.4 Å². The van der Waals surface area contributed by atoms with E-state index >= 15 is 0 Å². The van der Waals surface area contributed by atoms with Gasteiger partial charge >= 0.3 is 0 Å². The minimum atomic E-state index is 0.159. The summed E-state index contributed by atoms with van der Waals surface area (Å²) in [5.74, 6) is 0.159. The highest BCUT2D eigenvalue weighted by Crippen LogP contribution is 2.45. The molecule has 2 rings (SSSR count). The van der Waals surface area contributed by atoms with E-state index in [1.807, 2.05) is 0 Å². The third-order valence-corrected chi connectivity index (χ3v) is 4.35. The molecule has 0 aromatic heterocycles. The number of nitrogens with one attached hydrogen (secondary N) is 2. The normalized spacial score (nSPS) is 29.9. The molecule has 1 atom stereocenters. The first-order chi connectivity index (χ1) is 9.26. The van der Waals surface area contributed by atoms with Crippen LogP contribution in [0.25, 0.3) is 0 Å². The van der Waals surface area contributed by atoms with Gasteiger partial charge in [0.1, 0.15) is 0 Å². The molecule has 2 N–H and O–H groups in total. The van der Waals surface area contributed by atoms with Crippen molar-refractivity contribution < 1.29 is 9.53 Å². The lowest BCUT2D eigenvalue weighted by Crippen LogP contribution is -2.49. The molecule has 1 heterocycles. The van der Waals surface area contributed by atoms with Crippen LogP contribution in [-0.2, 0) is 9.53 Å². The standard InChI is InChI=1S/C16H30N2O2/c1-15(2)8-13(9-16(3,4)11-15)18-14(19)7-12-10-20-6-5-17-12/h12-13,17H,5-11H2,1-4H3,(H,18,19). The first-order valence-electron chi connectivity index (χ1n) is 7.86. The molecule has 1 aliphatic heterocycles. The van der Waals surface area contributed by atoms with Crippen LogP contribution in [0, 0.1) is 10.8 Å². The van der Waals surface area contributed by atoms with Crippen LogP contribution in [-0.4, -0.2) is 37.7 Å². The Morgan fingerprint density at radius 1 is 1.25 bits per heavy atom. The number of carbonyl (C=O) groups excluding carboxylic acids is 1. The minimum absolute atomic E-state index is 0.159. The molecule has 2 fully saturated rings. The number of amides is 1. The summed E-state index contributed by atoms with van der Waals surface area (Å²) in [5, 5.41) is 6.58. The quantitative estimate of drug-likeness (QED) is 0.833. The van der Waals surface area contributed by atoms with E-state index in [0.29, 0.717) is 29.9 Å². The maximum Gasteiger partial charge on any atom is 0.221 e. The van der Waals surface area contributed by atoms with Gasteiger partial charge in [0.25, 0.3) is 0 Å². The van der Waals surface area contributed by atoms with Crippen molar-refractivity contribution in [2.24, 2.45) is 10.8 Å². The van der Waals surface area contributed by atoms with Gasteiger partial charge in [-0.05, 0) is 30.1 Å². The molecule has 1 amide bonds. The van der Waals surface area contributed by atoms with Gasteiger partial charge in [-0.1, -0.05) is 27.7 Å². The zero-order valence-electron chi connectivity index (χ0n) is 13.4. The van der Waals surface area contributed by atoms with E-state index in [-0.39, 0.29) is 11.9 Å². The second-order valence-corrected chi connectivity index (χ2v) is 8.11. The Morgan fingerprint density at radius 2 is 1.90 bits per heavy atom. The Hall–Kier alpha value is -0.610. The van der Waals surface area contributed by atoms with Crippen molar-refractivity contribution in [3.05, 3.63) is 0 Å². The molecule has 0 aromatic rings. The fraction of sp³-hybridized carbons (Fsp3) is 0.938. The zero-order chi connectivity index (χ0) is 14.8. The second-order valence-electron chi connectivity index (χ2n) is 8.11. The highest BCUT2D eigenvalue weighted by atomic mass is 16.5. The van der Waals surface area contributed by atoms with Gasteiger partial charge in [0.15, 0.2) is 0 Å². The van der Waals surface area contributed by atoms with Crippen LogP contribution in [0.2, 0.25) is 0 Å². The second kappa shape index (κ2) is 6.02. The van der Waals surface area contributed by atoms with E-state index in [1.165, 1.54) is 6.42 Å². The van der Waals surface area contributed by atoms with Crippen LogP contribution in [0.4, 0.5) is 0 Å². The molecule has 0 radical (unpaired) electrons. The van der Waals surface area contributed by atoms with Gasteiger partial charge in [-0.25, -0.2) is 0 Å². The van der Waals surface area contributed by atoms with Crippen molar-refractivity contribution in [2.75, 3.05) is 19.8 Å². The first kappa shape index (κ1) is 15.8. The van der Waals surface area contributed by atoms with Crippen molar-refractivity contribution in [3.8, 4) is 0 Å². The average molecular weight is 282 g/mol. The van der Waals surface area contributed by atoms with E-state index in [1.54, 1.807) is 0 Å². The molecular formula is C16H30N2O2. The lowest BCUT2D eigenvalue weighted by molar-refractivity contribution is -0.123. The molecule has 1 aliphatic carbocycles. The molecule has 0 spiro atoms. The Labute approximate surface area is 123 Å². The molecular weight excluding hydrogens is 252 g/mol. The van der Waals surface area contributed by atoms with Crippen LogP contribution in [0.1, 0.15) is 53.4 Å². The number of carbonyl (C=O) groups is 1. The van der Waals surface area contributed by atoms with Crippen molar-refractivity contribution in [1.82, 2.24) is 10.6 Å². The van der Waals surface area contributed by atoms with Crippen LogP contribution in [0.15, 0.2) is 0 Å². The molecule has 116 valence electrons. The third-order valence-electron chi connectivity index (χ3n) is 4.35. The van der Waals surface area contributed by atoms with E-state index in [0.717, 1.165) is 26.0 Å². The van der Waals surface area contributed by atoms with Gasteiger partial charge in [-0.15, -0.1) is 0 Å². The smallest absolute Gasteiger partial charge is 0.221 e. The number of ether oxygens (including phenoxy) is 1. The summed E-state index contributed by atoms with van der Waals surface area (Å²) in [6.45, 7) is 11.5. The van der Waals surface area contributed by atoms with Gasteiger partial charge in [-0.2, -0.15) is 0 Å². The molecule has 4 nitrogen and oxygen atoms in total. The van der Waals surface area contributed by atoms with Crippen LogP contribution in [0.3, 0.4) is 0 Å². The predicted octanol–water partition coefficient (Wildman–Crippen LogP) is 2.09. The van der Waals surface area contributed by atoms with E-state index < -0.39 is 0 Å². The summed E-state index contributed by atoms with van der Waals surface area (Å²) >= 11 is 0. The number of morpholine rings is 1. The first-order valence-corrected chi connectivity index (χ1v) is 7.86. The van der Waals surface area contributed by atoms with E-state index in [9.17, 15) is 4.79 Å². The maximum absolute atomic E-state index is 12.2. The van der Waals surface area contributed by atoms with Crippen LogP contribution < -0.4 is 10.6 Å². The Morgan fingerprint density at radius 3 is 2.45 bits per heavy atom. The number of rotatable bonds is 3. The summed E-state index contributed by atoms with van der Waals surface area (Å²) in [6, 6.07) is 0.485. The van der Waals surface area contributed by atoms with Gasteiger partial charge in [-0.3, -0.25) is 4.79 Å². The SMILES string of the molecule is CC1(C)CC(NC(=O)CC2COCCN2)CC(C)(C)C1. The fourth-order valence-corrected chi connectivity index (χ4v) is 4.21. The van der Waals surface area contributed by atoms with E-state index in [4.69, 9.17) is 4.74 Å². The number of hydrogen-bond acceptors (Lipinski definition) is 3. The molecule has 1 saturated carbocycles. The van der Waals surface area contributed by atoms with Gasteiger partial charge in [0, 0.05) is 25.0 Å². The molecule has 1 unspecified atom stereocenters. The molecule has 0 bridgehead atoms. The Bertz CT molecular complexity index is 330. The highest BCUT2D eigenvalue weighted by molar-refractivity contribution is 5.77. The van der Waals surface area contributed by atoms with Crippen LogP contribution in [0.5, 0.6) is 0 Å². The lowest BCUT2D eigenvalue weighted by atomic mass is 9.63. The molecule has 20 heavy (non-hydrogen) atoms. The minimum Gasteiger partial charge on any atom is -0.378 e. The Balaban J connectivity index is 1.83. The highest BCUT2D eigenvalue weighted by Gasteiger charge is 2.38. The summed E-state index contributed by atoms with van der Waals surface area (Å²) in [5.41, 5.74) is 0.623. The van der Waals surface area contributed by atoms with E-state index in [2.05, 4.69) is 38.3 Å². The third kappa shape index (κ3) is 4.74. The zero-order valence-corrected chi connectivity index (χ0v) is 13.4. The molecule has 1 saturated heterocycles. The van der Waals surface area contributed by atoms with Crippen molar-refractivity contribution in [1.29, 1.82) is 0 Å². The average Bonchev–Trinajstić information content (AvgIpc) is 2.25. The van der Waals surface area contributed by atoms with Crippen molar-refractivity contribution >= 4 is 5.91 Å². The largest absolute Gasteiger partial charge is 0.378 e. The molecule has 0 aromatic carbocycles. The lowest BCUT2D eigenvalue weighted by Gasteiger charge is -2.45. The fourth-order valence-electron chi connectivity index (χ4n) is 4.21. The maximum atomic E-state index is 12.2. The predicted molar refractivity (Wildman–Crippen MR) is 80.6 cm³/mol. The summed E-state index contributed by atoms with van der Waals surface area (Å²) in [6.07, 6.45) is 3.91. The molecule has 2 aliphatic rings. The van der Waals surface area contributed by atoms with Gasteiger partial charge in [0.05, 0.1) is 13.2 Å². The summed E-state index contributed by atoms with van der Waals surface area (Å²) in [7, 11) is 0. The van der Waals surface area contributed by atoms with Crippen molar-refractivity contribution in [3.63, 3.8) is 0 Å². The number of hydrogen-bond donors (Lipinski definition) is 2. The van der Waals surface area contributed by atoms with Crippen LogP contribution >= 0.6 is 0 Å². The van der Waals surface area contributed by atoms with Gasteiger partial charge in [0.2, 0.25) is 5.91 Å². The van der Waals surface area contributed by atoms with Gasteiger partial charge < -0.3 is 15.4 Å².